The number of nitrogens with zero attached hydrogens (tertiary/aromatic N) is 3. The normalized spacial score (nSPS) is 21.4. The Kier molecular flexibility index (Phi) is 5.27. The van der Waals surface area contributed by atoms with E-state index in [0.717, 1.165) is 48.0 Å². The zero-order valence-corrected chi connectivity index (χ0v) is 16.4. The zero-order chi connectivity index (χ0) is 18.8. The maximum Gasteiger partial charge on any atom is 0.257 e. The van der Waals surface area contributed by atoms with E-state index < -0.39 is 0 Å². The lowest BCUT2D eigenvalue weighted by Gasteiger charge is -2.31. The van der Waals surface area contributed by atoms with Crippen LogP contribution in [0, 0.1) is 5.92 Å². The van der Waals surface area contributed by atoms with Gasteiger partial charge in [-0.05, 0) is 49.4 Å². The standard InChI is InChI=1S/C21H25N3O2S/c1-15-8-10-23(11-9-15)14-21(26)24-18(16-5-2-3-6-19(16)25)13-17(22-24)20-7-4-12-27-20/h2-7,12,15,18,25H,8-11,13-14H2,1H3. The highest BCUT2D eigenvalue weighted by Crippen LogP contribution is 2.37. The minimum atomic E-state index is -0.250. The first-order valence-electron chi connectivity index (χ1n) is 9.55. The van der Waals surface area contributed by atoms with E-state index in [1.165, 1.54) is 0 Å². The lowest BCUT2D eigenvalue weighted by Crippen LogP contribution is -2.41. The van der Waals surface area contributed by atoms with Crippen molar-refractivity contribution in [2.75, 3.05) is 19.6 Å². The average Bonchev–Trinajstić information content (AvgIpc) is 3.33. The van der Waals surface area contributed by atoms with Crippen LogP contribution in [0.15, 0.2) is 46.9 Å². The Bertz CT molecular complexity index is 826. The first-order chi connectivity index (χ1) is 13.1. The maximum atomic E-state index is 13.1. The van der Waals surface area contributed by atoms with E-state index in [1.54, 1.807) is 28.5 Å². The van der Waals surface area contributed by atoms with E-state index in [0.29, 0.717) is 13.0 Å². The molecule has 3 heterocycles. The van der Waals surface area contributed by atoms with Crippen LogP contribution in [0.2, 0.25) is 0 Å². The van der Waals surface area contributed by atoms with Gasteiger partial charge in [-0.3, -0.25) is 9.69 Å². The number of phenolic OH excluding ortho intramolecular Hbond substituents is 1. The molecular formula is C21H25N3O2S. The molecule has 142 valence electrons. The Balaban J connectivity index is 1.57. The predicted molar refractivity (Wildman–Crippen MR) is 108 cm³/mol. The number of hydrazone groups is 1. The third-order valence-electron chi connectivity index (χ3n) is 5.50. The van der Waals surface area contributed by atoms with Crippen molar-refractivity contribution in [3.8, 4) is 5.75 Å². The summed E-state index contributed by atoms with van der Waals surface area (Å²) in [5.74, 6) is 0.958. The number of para-hydroxylation sites is 1. The van der Waals surface area contributed by atoms with E-state index >= 15 is 0 Å². The van der Waals surface area contributed by atoms with Crippen LogP contribution in [0.3, 0.4) is 0 Å². The number of carbonyl (C=O) groups is 1. The molecule has 1 atom stereocenters. The molecule has 5 nitrogen and oxygen atoms in total. The van der Waals surface area contributed by atoms with E-state index in [2.05, 4.69) is 16.9 Å². The van der Waals surface area contributed by atoms with Gasteiger partial charge < -0.3 is 5.11 Å². The largest absolute Gasteiger partial charge is 0.508 e. The molecule has 2 aliphatic rings. The van der Waals surface area contributed by atoms with Gasteiger partial charge in [-0.2, -0.15) is 5.10 Å². The fourth-order valence-corrected chi connectivity index (χ4v) is 4.55. The molecule has 1 aromatic carbocycles. The van der Waals surface area contributed by atoms with Gasteiger partial charge >= 0.3 is 0 Å². The summed E-state index contributed by atoms with van der Waals surface area (Å²) < 4.78 is 0. The van der Waals surface area contributed by atoms with Crippen molar-refractivity contribution >= 4 is 23.0 Å². The van der Waals surface area contributed by atoms with Gasteiger partial charge in [0, 0.05) is 12.0 Å². The SMILES string of the molecule is CC1CCN(CC(=O)N2N=C(c3cccs3)CC2c2ccccc2O)CC1. The maximum absolute atomic E-state index is 13.1. The van der Waals surface area contributed by atoms with Gasteiger partial charge in [-0.1, -0.05) is 31.2 Å². The third-order valence-corrected chi connectivity index (χ3v) is 6.42. The first-order valence-corrected chi connectivity index (χ1v) is 10.4. The summed E-state index contributed by atoms with van der Waals surface area (Å²) in [6.45, 7) is 4.58. The van der Waals surface area contributed by atoms with Gasteiger partial charge in [0.15, 0.2) is 0 Å². The monoisotopic (exact) mass is 383 g/mol. The molecule has 2 aromatic rings. The summed E-state index contributed by atoms with van der Waals surface area (Å²) in [7, 11) is 0. The van der Waals surface area contributed by atoms with Crippen molar-refractivity contribution in [3.05, 3.63) is 52.2 Å². The lowest BCUT2D eigenvalue weighted by molar-refractivity contribution is -0.134. The number of rotatable bonds is 4. The minimum Gasteiger partial charge on any atom is -0.508 e. The number of benzene rings is 1. The fourth-order valence-electron chi connectivity index (χ4n) is 3.83. The van der Waals surface area contributed by atoms with Crippen LogP contribution in [0.25, 0.3) is 0 Å². The first kappa shape index (κ1) is 18.2. The molecule has 6 heteroatoms. The molecular weight excluding hydrogens is 358 g/mol. The summed E-state index contributed by atoms with van der Waals surface area (Å²) in [5, 5.41) is 18.6. The number of hydrogen-bond donors (Lipinski definition) is 1. The van der Waals surface area contributed by atoms with E-state index in [9.17, 15) is 9.90 Å². The highest BCUT2D eigenvalue weighted by molar-refractivity contribution is 7.12. The van der Waals surface area contributed by atoms with Gasteiger partial charge in [0.2, 0.25) is 0 Å². The van der Waals surface area contributed by atoms with Crippen LogP contribution in [0.5, 0.6) is 5.75 Å². The Morgan fingerprint density at radius 3 is 2.70 bits per heavy atom. The molecule has 0 spiro atoms. The smallest absolute Gasteiger partial charge is 0.257 e. The van der Waals surface area contributed by atoms with E-state index in [4.69, 9.17) is 0 Å². The Hall–Kier alpha value is -2.18. The number of phenols is 1. The number of carbonyl (C=O) groups excluding carboxylic acids is 1. The molecule has 27 heavy (non-hydrogen) atoms. The van der Waals surface area contributed by atoms with Crippen molar-refractivity contribution in [2.45, 2.75) is 32.2 Å². The third kappa shape index (κ3) is 3.92. The molecule has 1 saturated heterocycles. The fraction of sp³-hybridized carbons (Fsp3) is 0.429. The van der Waals surface area contributed by atoms with Gasteiger partial charge in [0.1, 0.15) is 5.75 Å². The van der Waals surface area contributed by atoms with E-state index in [-0.39, 0.29) is 17.7 Å². The number of likely N-dealkylation sites (tertiary alicyclic amines) is 1. The van der Waals surface area contributed by atoms with Crippen molar-refractivity contribution in [1.29, 1.82) is 0 Å². The predicted octanol–water partition coefficient (Wildman–Crippen LogP) is 3.86. The molecule has 0 bridgehead atoms. The quantitative estimate of drug-likeness (QED) is 0.872. The highest BCUT2D eigenvalue weighted by atomic mass is 32.1. The van der Waals surface area contributed by atoms with Crippen LogP contribution in [-0.2, 0) is 4.79 Å². The molecule has 4 rings (SSSR count). The van der Waals surface area contributed by atoms with Gasteiger partial charge in [0.05, 0.1) is 23.2 Å². The Morgan fingerprint density at radius 2 is 2.00 bits per heavy atom. The summed E-state index contributed by atoms with van der Waals surface area (Å²) in [6.07, 6.45) is 2.90. The van der Waals surface area contributed by atoms with Crippen molar-refractivity contribution in [3.63, 3.8) is 0 Å². The molecule has 1 aromatic heterocycles. The average molecular weight is 384 g/mol. The van der Waals surface area contributed by atoms with Crippen LogP contribution in [0.4, 0.5) is 0 Å². The number of hydrogen-bond acceptors (Lipinski definition) is 5. The van der Waals surface area contributed by atoms with Crippen molar-refractivity contribution in [1.82, 2.24) is 9.91 Å². The Labute approximate surface area is 163 Å². The number of thiophene rings is 1. The van der Waals surface area contributed by atoms with Gasteiger partial charge in [0.25, 0.3) is 5.91 Å². The van der Waals surface area contributed by atoms with Crippen LogP contribution in [0.1, 0.15) is 42.7 Å². The molecule has 0 aliphatic carbocycles. The number of amides is 1. The second kappa shape index (κ2) is 7.82. The number of aromatic hydroxyl groups is 1. The summed E-state index contributed by atoms with van der Waals surface area (Å²) >= 11 is 1.63. The van der Waals surface area contributed by atoms with Crippen LogP contribution in [-0.4, -0.2) is 46.3 Å². The van der Waals surface area contributed by atoms with E-state index in [1.807, 2.05) is 29.6 Å². The zero-order valence-electron chi connectivity index (χ0n) is 15.5. The van der Waals surface area contributed by atoms with Crippen LogP contribution < -0.4 is 0 Å². The minimum absolute atomic E-state index is 0.00404. The molecule has 0 saturated carbocycles. The topological polar surface area (TPSA) is 56.1 Å². The number of piperidine rings is 1. The molecule has 1 unspecified atom stereocenters. The van der Waals surface area contributed by atoms with Gasteiger partial charge in [-0.25, -0.2) is 5.01 Å². The van der Waals surface area contributed by atoms with Crippen molar-refractivity contribution in [2.24, 2.45) is 11.0 Å². The lowest BCUT2D eigenvalue weighted by atomic mass is 9.99. The molecule has 0 radical (unpaired) electrons. The van der Waals surface area contributed by atoms with Crippen molar-refractivity contribution < 1.29 is 9.90 Å². The van der Waals surface area contributed by atoms with Crippen LogP contribution >= 0.6 is 11.3 Å². The molecule has 1 fully saturated rings. The summed E-state index contributed by atoms with van der Waals surface area (Å²) in [6, 6.07) is 11.0. The molecule has 1 amide bonds. The highest BCUT2D eigenvalue weighted by Gasteiger charge is 2.35. The Morgan fingerprint density at radius 1 is 1.22 bits per heavy atom. The molecule has 2 aliphatic heterocycles. The second-order valence-electron chi connectivity index (χ2n) is 7.50. The summed E-state index contributed by atoms with van der Waals surface area (Å²) in [4.78, 5) is 16.4. The second-order valence-corrected chi connectivity index (χ2v) is 8.45. The summed E-state index contributed by atoms with van der Waals surface area (Å²) in [5.41, 5.74) is 1.67. The molecule has 1 N–H and O–H groups in total. The van der Waals surface area contributed by atoms with Gasteiger partial charge in [-0.15, -0.1) is 11.3 Å².